The second-order valence-electron chi connectivity index (χ2n) is 6.99. The van der Waals surface area contributed by atoms with Crippen molar-refractivity contribution in [3.8, 4) is 11.5 Å². The van der Waals surface area contributed by atoms with E-state index in [1.165, 1.54) is 0 Å². The van der Waals surface area contributed by atoms with Crippen LogP contribution in [0, 0.1) is 13.8 Å². The molecule has 0 saturated carbocycles. The van der Waals surface area contributed by atoms with E-state index in [4.69, 9.17) is 4.42 Å². The summed E-state index contributed by atoms with van der Waals surface area (Å²) in [6.07, 6.45) is 0.434. The lowest BCUT2D eigenvalue weighted by Crippen LogP contribution is -2.47. The van der Waals surface area contributed by atoms with Crippen LogP contribution < -0.4 is 5.32 Å². The first-order valence-electron chi connectivity index (χ1n) is 8.21. The van der Waals surface area contributed by atoms with Gasteiger partial charge in [-0.1, -0.05) is 29.0 Å². The molecule has 2 heterocycles. The van der Waals surface area contributed by atoms with E-state index >= 15 is 0 Å². The molecule has 0 spiro atoms. The van der Waals surface area contributed by atoms with Gasteiger partial charge >= 0.3 is 0 Å². The predicted octanol–water partition coefficient (Wildman–Crippen LogP) is 2.14. The lowest BCUT2D eigenvalue weighted by molar-refractivity contribution is -0.120. The van der Waals surface area contributed by atoms with Gasteiger partial charge in [-0.25, -0.2) is 8.42 Å². The average molecular weight is 396 g/mol. The molecule has 0 aliphatic carbocycles. The summed E-state index contributed by atoms with van der Waals surface area (Å²) >= 11 is 1.13. The van der Waals surface area contributed by atoms with Crippen LogP contribution in [0.5, 0.6) is 0 Å². The Kier molecular flexibility index (Phi) is 5.12. The summed E-state index contributed by atoms with van der Waals surface area (Å²) in [6.45, 7) is 5.75. The molecule has 3 rings (SSSR count). The summed E-state index contributed by atoms with van der Waals surface area (Å²) in [5.74, 6) is 0.340. The molecule has 0 bridgehead atoms. The number of amides is 1. The Morgan fingerprint density at radius 1 is 1.27 bits per heavy atom. The molecule has 1 aromatic heterocycles. The largest absolute Gasteiger partial charge is 0.411 e. The van der Waals surface area contributed by atoms with Crippen LogP contribution in [0.25, 0.3) is 11.5 Å². The first-order valence-corrected chi connectivity index (χ1v) is 11.0. The van der Waals surface area contributed by atoms with E-state index in [2.05, 4.69) is 21.6 Å². The number of benzene rings is 1. The zero-order valence-electron chi connectivity index (χ0n) is 14.9. The Morgan fingerprint density at radius 2 is 1.96 bits per heavy atom. The van der Waals surface area contributed by atoms with Crippen LogP contribution in [0.15, 0.2) is 27.8 Å². The molecule has 1 atom stereocenters. The summed E-state index contributed by atoms with van der Waals surface area (Å²) in [4.78, 5) is 12.1. The third-order valence-electron chi connectivity index (χ3n) is 4.15. The predicted molar refractivity (Wildman–Crippen MR) is 99.8 cm³/mol. The standard InChI is InChI=1S/C17H21N3O4S2/c1-11-6-12(2)8-13(7-11)15-19-20-16(24-15)25-9-14(21)18-17(3)4-5-26(22,23)10-17/h6-8H,4-5,9-10H2,1-3H3,(H,18,21)/t17-/m1/s1. The van der Waals surface area contributed by atoms with Gasteiger partial charge in [-0.15, -0.1) is 10.2 Å². The van der Waals surface area contributed by atoms with Crippen molar-refractivity contribution in [2.75, 3.05) is 17.3 Å². The van der Waals surface area contributed by atoms with E-state index in [0.29, 0.717) is 17.5 Å². The highest BCUT2D eigenvalue weighted by Crippen LogP contribution is 2.26. The van der Waals surface area contributed by atoms with Gasteiger partial charge in [-0.3, -0.25) is 4.79 Å². The number of aromatic nitrogens is 2. The van der Waals surface area contributed by atoms with Gasteiger partial charge in [-0.05, 0) is 39.3 Å². The lowest BCUT2D eigenvalue weighted by Gasteiger charge is -2.23. The number of hydrogen-bond donors (Lipinski definition) is 1. The highest BCUT2D eigenvalue weighted by atomic mass is 32.2. The van der Waals surface area contributed by atoms with Crippen molar-refractivity contribution >= 4 is 27.5 Å². The Hall–Kier alpha value is -1.87. The molecule has 0 unspecified atom stereocenters. The zero-order valence-corrected chi connectivity index (χ0v) is 16.5. The molecule has 7 nitrogen and oxygen atoms in total. The van der Waals surface area contributed by atoms with Gasteiger partial charge in [0.25, 0.3) is 5.22 Å². The highest BCUT2D eigenvalue weighted by molar-refractivity contribution is 7.99. The van der Waals surface area contributed by atoms with Crippen molar-refractivity contribution in [2.45, 2.75) is 38.0 Å². The fraction of sp³-hybridized carbons (Fsp3) is 0.471. The summed E-state index contributed by atoms with van der Waals surface area (Å²) in [6, 6.07) is 5.98. The first kappa shape index (κ1) is 18.9. The molecule has 1 aliphatic heterocycles. The highest BCUT2D eigenvalue weighted by Gasteiger charge is 2.39. The normalized spacial score (nSPS) is 21.7. The molecule has 1 N–H and O–H groups in total. The van der Waals surface area contributed by atoms with Crippen LogP contribution >= 0.6 is 11.8 Å². The van der Waals surface area contributed by atoms with Gasteiger partial charge in [0.15, 0.2) is 9.84 Å². The Morgan fingerprint density at radius 3 is 2.58 bits per heavy atom. The van der Waals surface area contributed by atoms with Gasteiger partial charge < -0.3 is 9.73 Å². The van der Waals surface area contributed by atoms with E-state index in [0.717, 1.165) is 28.5 Å². The molecule has 1 aliphatic rings. The number of rotatable bonds is 5. The summed E-state index contributed by atoms with van der Waals surface area (Å²) in [5, 5.41) is 11.1. The van der Waals surface area contributed by atoms with Crippen LogP contribution in [0.2, 0.25) is 0 Å². The van der Waals surface area contributed by atoms with Crippen molar-refractivity contribution in [3.05, 3.63) is 29.3 Å². The number of aryl methyl sites for hydroxylation is 2. The maximum absolute atomic E-state index is 12.1. The Bertz CT molecular complexity index is 919. The molecule has 140 valence electrons. The van der Waals surface area contributed by atoms with E-state index in [-0.39, 0.29) is 23.2 Å². The molecule has 26 heavy (non-hydrogen) atoms. The molecule has 0 radical (unpaired) electrons. The smallest absolute Gasteiger partial charge is 0.277 e. The maximum Gasteiger partial charge on any atom is 0.277 e. The second-order valence-corrected chi connectivity index (χ2v) is 10.1. The first-order chi connectivity index (χ1) is 12.1. The minimum Gasteiger partial charge on any atom is -0.411 e. The third kappa shape index (κ3) is 4.64. The number of nitrogens with one attached hydrogen (secondary N) is 1. The average Bonchev–Trinajstić information content (AvgIpc) is 3.08. The van der Waals surface area contributed by atoms with Crippen LogP contribution in [0.3, 0.4) is 0 Å². The van der Waals surface area contributed by atoms with Crippen molar-refractivity contribution in [2.24, 2.45) is 0 Å². The lowest BCUT2D eigenvalue weighted by atomic mass is 10.0. The molecule has 2 aromatic rings. The molecular formula is C17H21N3O4S2. The number of carbonyl (C=O) groups is 1. The quantitative estimate of drug-likeness (QED) is 0.774. The fourth-order valence-electron chi connectivity index (χ4n) is 3.09. The third-order valence-corrected chi connectivity index (χ3v) is 6.87. The van der Waals surface area contributed by atoms with Crippen molar-refractivity contribution in [3.63, 3.8) is 0 Å². The molecular weight excluding hydrogens is 374 g/mol. The maximum atomic E-state index is 12.1. The molecule has 1 amide bonds. The van der Waals surface area contributed by atoms with Crippen molar-refractivity contribution in [1.29, 1.82) is 0 Å². The molecule has 1 fully saturated rings. The van der Waals surface area contributed by atoms with E-state index < -0.39 is 15.4 Å². The monoisotopic (exact) mass is 395 g/mol. The molecule has 1 aromatic carbocycles. The van der Waals surface area contributed by atoms with Gasteiger partial charge in [0.2, 0.25) is 11.8 Å². The van der Waals surface area contributed by atoms with Crippen LogP contribution in [-0.4, -0.2) is 47.3 Å². The Balaban J connectivity index is 1.59. The summed E-state index contributed by atoms with van der Waals surface area (Å²) in [5.41, 5.74) is 2.35. The van der Waals surface area contributed by atoms with Gasteiger partial charge in [0, 0.05) is 5.56 Å². The number of hydrogen-bond acceptors (Lipinski definition) is 7. The van der Waals surface area contributed by atoms with Crippen LogP contribution in [0.1, 0.15) is 24.5 Å². The SMILES string of the molecule is Cc1cc(C)cc(-c2nnc(SCC(=O)N[C@]3(C)CCS(=O)(=O)C3)o2)c1. The van der Waals surface area contributed by atoms with Gasteiger partial charge in [-0.2, -0.15) is 0 Å². The molecule has 9 heteroatoms. The number of thioether (sulfide) groups is 1. The molecule has 1 saturated heterocycles. The number of nitrogens with zero attached hydrogens (tertiary/aromatic N) is 2. The van der Waals surface area contributed by atoms with E-state index in [1.807, 2.05) is 26.0 Å². The number of carbonyl (C=O) groups excluding carboxylic acids is 1. The minimum atomic E-state index is -3.06. The Labute approximate surface area is 156 Å². The van der Waals surface area contributed by atoms with E-state index in [1.54, 1.807) is 6.92 Å². The van der Waals surface area contributed by atoms with Crippen molar-refractivity contribution < 1.29 is 17.6 Å². The fourth-order valence-corrected chi connectivity index (χ4v) is 5.75. The topological polar surface area (TPSA) is 102 Å². The summed E-state index contributed by atoms with van der Waals surface area (Å²) < 4.78 is 28.8. The van der Waals surface area contributed by atoms with E-state index in [9.17, 15) is 13.2 Å². The summed E-state index contributed by atoms with van der Waals surface area (Å²) in [7, 11) is -3.06. The van der Waals surface area contributed by atoms with Crippen molar-refractivity contribution in [1.82, 2.24) is 15.5 Å². The van der Waals surface area contributed by atoms with Crippen LogP contribution in [-0.2, 0) is 14.6 Å². The van der Waals surface area contributed by atoms with Gasteiger partial charge in [0.1, 0.15) is 0 Å². The zero-order chi connectivity index (χ0) is 18.9. The second kappa shape index (κ2) is 7.03. The number of sulfone groups is 1. The minimum absolute atomic E-state index is 0.0200. The van der Waals surface area contributed by atoms with Crippen LogP contribution in [0.4, 0.5) is 0 Å². The van der Waals surface area contributed by atoms with Gasteiger partial charge in [0.05, 0.1) is 22.8 Å².